The van der Waals surface area contributed by atoms with Crippen LogP contribution in [0.25, 0.3) is 0 Å². The summed E-state index contributed by atoms with van der Waals surface area (Å²) < 4.78 is 6.29. The topological polar surface area (TPSA) is 41.6 Å². The van der Waals surface area contributed by atoms with Crippen LogP contribution >= 0.6 is 23.1 Å². The number of anilines is 2. The molecule has 7 rings (SSSR count). The summed E-state index contributed by atoms with van der Waals surface area (Å²) in [6, 6.07) is 12.1. The Balaban J connectivity index is 1.04. The number of para-hydroxylation sites is 2. The molecule has 4 fully saturated rings. The molecule has 4 aliphatic carbocycles. The number of carbonyl (C=O) groups is 1. The molecule has 0 spiro atoms. The highest BCUT2D eigenvalue weighted by molar-refractivity contribution is 8.00. The van der Waals surface area contributed by atoms with Crippen LogP contribution in [0, 0.1) is 17.8 Å². The van der Waals surface area contributed by atoms with Gasteiger partial charge in [-0.3, -0.25) is 4.79 Å². The number of benzene rings is 1. The molecule has 0 radical (unpaired) electrons. The maximum absolute atomic E-state index is 12.8. The van der Waals surface area contributed by atoms with Crippen LogP contribution in [0.15, 0.2) is 36.4 Å². The molecular formula is C25H30N2O2S2. The van der Waals surface area contributed by atoms with Crippen molar-refractivity contribution in [3.8, 4) is 5.75 Å². The Morgan fingerprint density at radius 2 is 1.84 bits per heavy atom. The third-order valence-corrected chi connectivity index (χ3v) is 10.2. The Labute approximate surface area is 192 Å². The molecule has 164 valence electrons. The summed E-state index contributed by atoms with van der Waals surface area (Å²) in [4.78, 5) is 15.8. The van der Waals surface area contributed by atoms with E-state index in [0.29, 0.717) is 11.4 Å². The number of hydrogen-bond acceptors (Lipinski definition) is 5. The van der Waals surface area contributed by atoms with Gasteiger partial charge in [-0.25, -0.2) is 0 Å². The molecule has 6 heteroatoms. The number of carbonyl (C=O) groups excluding carboxylic acids is 1. The molecule has 1 aromatic heterocycles. The van der Waals surface area contributed by atoms with E-state index >= 15 is 0 Å². The lowest BCUT2D eigenvalue weighted by Gasteiger charge is -2.56. The van der Waals surface area contributed by atoms with Crippen molar-refractivity contribution in [2.24, 2.45) is 17.8 Å². The summed E-state index contributed by atoms with van der Waals surface area (Å²) in [7, 11) is 0. The number of nitrogens with zero attached hydrogens (tertiary/aromatic N) is 1. The van der Waals surface area contributed by atoms with Crippen LogP contribution in [-0.2, 0) is 0 Å². The van der Waals surface area contributed by atoms with Gasteiger partial charge in [0.15, 0.2) is 0 Å². The zero-order valence-corrected chi connectivity index (χ0v) is 19.5. The summed E-state index contributed by atoms with van der Waals surface area (Å²) in [6.07, 6.45) is 8.74. The number of amides is 1. The van der Waals surface area contributed by atoms with Gasteiger partial charge in [-0.15, -0.1) is 11.3 Å². The molecule has 1 amide bonds. The van der Waals surface area contributed by atoms with Crippen molar-refractivity contribution in [2.75, 3.05) is 30.3 Å². The van der Waals surface area contributed by atoms with Crippen molar-refractivity contribution in [2.45, 2.75) is 43.3 Å². The SMILES string of the molecule is O=C(NCCSC12CC3CC(CC(C3)C1)C2)c1ccc(N2CCOc3ccccc32)s1. The number of nitrogens with one attached hydrogen (secondary N) is 1. The Morgan fingerprint density at radius 1 is 1.10 bits per heavy atom. The van der Waals surface area contributed by atoms with E-state index in [1.54, 1.807) is 11.3 Å². The van der Waals surface area contributed by atoms with Gasteiger partial charge in [-0.2, -0.15) is 11.8 Å². The molecule has 4 nitrogen and oxygen atoms in total. The minimum absolute atomic E-state index is 0.0592. The number of thioether (sulfide) groups is 1. The first-order chi connectivity index (χ1) is 15.2. The largest absolute Gasteiger partial charge is 0.490 e. The summed E-state index contributed by atoms with van der Waals surface area (Å²) in [6.45, 7) is 2.23. The second-order valence-electron chi connectivity index (χ2n) is 9.81. The molecule has 0 saturated heterocycles. The van der Waals surface area contributed by atoms with Gasteiger partial charge < -0.3 is 15.0 Å². The van der Waals surface area contributed by atoms with Gasteiger partial charge in [-0.1, -0.05) is 12.1 Å². The van der Waals surface area contributed by atoms with Crippen molar-refractivity contribution in [3.63, 3.8) is 0 Å². The fourth-order valence-corrected chi connectivity index (χ4v) is 9.38. The van der Waals surface area contributed by atoms with Crippen molar-refractivity contribution < 1.29 is 9.53 Å². The van der Waals surface area contributed by atoms with E-state index in [4.69, 9.17) is 4.74 Å². The highest BCUT2D eigenvalue weighted by atomic mass is 32.2. The monoisotopic (exact) mass is 454 g/mol. The van der Waals surface area contributed by atoms with Crippen LogP contribution in [-0.4, -0.2) is 36.1 Å². The minimum atomic E-state index is 0.0592. The summed E-state index contributed by atoms with van der Waals surface area (Å²) in [5, 5.41) is 4.28. The van der Waals surface area contributed by atoms with Gasteiger partial charge >= 0.3 is 0 Å². The van der Waals surface area contributed by atoms with Crippen molar-refractivity contribution in [1.29, 1.82) is 0 Å². The maximum Gasteiger partial charge on any atom is 0.261 e. The molecule has 4 saturated carbocycles. The predicted molar refractivity (Wildman–Crippen MR) is 129 cm³/mol. The predicted octanol–water partition coefficient (Wildman–Crippen LogP) is 5.71. The molecular weight excluding hydrogens is 424 g/mol. The van der Waals surface area contributed by atoms with Gasteiger partial charge in [-0.05, 0) is 80.5 Å². The number of ether oxygens (including phenoxy) is 1. The van der Waals surface area contributed by atoms with Crippen LogP contribution in [0.5, 0.6) is 5.75 Å². The van der Waals surface area contributed by atoms with Crippen LogP contribution in [0.1, 0.15) is 48.2 Å². The van der Waals surface area contributed by atoms with Gasteiger partial charge in [0.2, 0.25) is 0 Å². The first-order valence-corrected chi connectivity index (χ1v) is 13.5. The van der Waals surface area contributed by atoms with E-state index in [-0.39, 0.29) is 5.91 Å². The Kier molecular flexibility index (Phi) is 5.18. The number of hydrogen-bond donors (Lipinski definition) is 1. The fourth-order valence-electron chi connectivity index (χ4n) is 6.72. The quantitative estimate of drug-likeness (QED) is 0.568. The molecule has 1 aromatic carbocycles. The molecule has 2 heterocycles. The van der Waals surface area contributed by atoms with E-state index < -0.39 is 0 Å². The molecule has 5 aliphatic rings. The lowest BCUT2D eigenvalue weighted by atomic mass is 9.56. The second kappa shape index (κ2) is 8.04. The van der Waals surface area contributed by atoms with Crippen molar-refractivity contribution in [3.05, 3.63) is 41.3 Å². The highest BCUT2D eigenvalue weighted by Crippen LogP contribution is 2.60. The van der Waals surface area contributed by atoms with E-state index in [0.717, 1.165) is 57.9 Å². The molecule has 4 bridgehead atoms. The van der Waals surface area contributed by atoms with E-state index in [2.05, 4.69) is 34.1 Å². The first kappa shape index (κ1) is 20.0. The van der Waals surface area contributed by atoms with Crippen LogP contribution in [0.4, 0.5) is 10.7 Å². The Bertz CT molecular complexity index is 937. The van der Waals surface area contributed by atoms with Gasteiger partial charge in [0.25, 0.3) is 5.91 Å². The Hall–Kier alpha value is -1.66. The van der Waals surface area contributed by atoms with Crippen molar-refractivity contribution >= 4 is 39.7 Å². The number of thiophene rings is 1. The standard InChI is InChI=1S/C25H30N2O2S2/c28-24(26-7-10-30-25-14-17-11-18(15-25)13-19(12-17)16-25)22-5-6-23(31-22)27-8-9-29-21-4-2-1-3-20(21)27/h1-6,17-19H,7-16H2,(H,26,28). The van der Waals surface area contributed by atoms with Gasteiger partial charge in [0.05, 0.1) is 22.1 Å². The molecule has 0 unspecified atom stereocenters. The average Bonchev–Trinajstić information content (AvgIpc) is 3.25. The molecule has 1 aliphatic heterocycles. The summed E-state index contributed by atoms with van der Waals surface area (Å²) in [5.74, 6) is 4.97. The Morgan fingerprint density at radius 3 is 2.61 bits per heavy atom. The van der Waals surface area contributed by atoms with Crippen LogP contribution in [0.3, 0.4) is 0 Å². The molecule has 2 aromatic rings. The summed E-state index contributed by atoms with van der Waals surface area (Å²) in [5.41, 5.74) is 1.08. The highest BCUT2D eigenvalue weighted by Gasteiger charge is 2.50. The third-order valence-electron chi connectivity index (χ3n) is 7.59. The molecule has 1 N–H and O–H groups in total. The van der Waals surface area contributed by atoms with Crippen molar-refractivity contribution in [1.82, 2.24) is 5.32 Å². The smallest absolute Gasteiger partial charge is 0.261 e. The molecule has 31 heavy (non-hydrogen) atoms. The number of fused-ring (bicyclic) bond motifs is 1. The van der Waals surface area contributed by atoms with Crippen LogP contribution < -0.4 is 15.0 Å². The van der Waals surface area contributed by atoms with E-state index in [1.807, 2.05) is 24.3 Å². The first-order valence-electron chi connectivity index (χ1n) is 11.7. The van der Waals surface area contributed by atoms with E-state index in [9.17, 15) is 4.79 Å². The summed E-state index contributed by atoms with van der Waals surface area (Å²) >= 11 is 3.73. The average molecular weight is 455 g/mol. The number of rotatable bonds is 6. The van der Waals surface area contributed by atoms with Gasteiger partial charge in [0.1, 0.15) is 12.4 Å². The van der Waals surface area contributed by atoms with E-state index in [1.165, 1.54) is 38.5 Å². The van der Waals surface area contributed by atoms with Gasteiger partial charge in [0, 0.05) is 17.0 Å². The minimum Gasteiger partial charge on any atom is -0.490 e. The normalized spacial score (nSPS) is 30.7. The zero-order valence-electron chi connectivity index (χ0n) is 17.8. The molecule has 0 atom stereocenters. The zero-order chi connectivity index (χ0) is 20.8. The lowest BCUT2D eigenvalue weighted by Crippen LogP contribution is -2.48. The maximum atomic E-state index is 12.8. The van der Waals surface area contributed by atoms with Crippen LogP contribution in [0.2, 0.25) is 0 Å². The second-order valence-corrected chi connectivity index (χ2v) is 12.4. The fraction of sp³-hybridized carbons (Fsp3) is 0.560. The third kappa shape index (κ3) is 3.86. The lowest BCUT2D eigenvalue weighted by molar-refractivity contribution is 0.0383.